The average Bonchev–Trinajstić information content (AvgIpc) is 2.48. The molecular formula is C21H41N5. The first-order valence-corrected chi connectivity index (χ1v) is 10.8. The number of unbranched alkanes of at least 4 members (excludes halogenated alkanes) is 2. The van der Waals surface area contributed by atoms with Crippen LogP contribution in [0, 0.1) is 16.7 Å². The highest BCUT2D eigenvalue weighted by Gasteiger charge is 2.59. The van der Waals surface area contributed by atoms with Crippen molar-refractivity contribution in [1.82, 2.24) is 10.6 Å². The molecule has 6 N–H and O–H groups in total. The lowest BCUT2D eigenvalue weighted by molar-refractivity contribution is -0.117. The van der Waals surface area contributed by atoms with Gasteiger partial charge in [0.15, 0.2) is 5.96 Å². The zero-order chi connectivity index (χ0) is 18.7. The molecule has 0 radical (unpaired) electrons. The molecule has 2 unspecified atom stereocenters. The first kappa shape index (κ1) is 19.9. The molecule has 4 saturated carbocycles. The molecule has 0 saturated heterocycles. The third-order valence-corrected chi connectivity index (χ3v) is 6.96. The van der Waals surface area contributed by atoms with E-state index in [1.165, 1.54) is 57.9 Å². The number of nitrogens with two attached hydrogens (primary N) is 2. The Labute approximate surface area is 160 Å². The van der Waals surface area contributed by atoms with Crippen LogP contribution < -0.4 is 22.1 Å². The molecule has 4 atom stereocenters. The predicted octanol–water partition coefficient (Wildman–Crippen LogP) is 2.75. The number of nitrogens with zero attached hydrogens (tertiary/aromatic N) is 1. The van der Waals surface area contributed by atoms with Crippen molar-refractivity contribution in [2.75, 3.05) is 26.2 Å². The van der Waals surface area contributed by atoms with Crippen LogP contribution in [0.3, 0.4) is 0 Å². The Hall–Kier alpha value is -0.810. The minimum atomic E-state index is 0.201. The fraction of sp³-hybridized carbons (Fsp3) is 0.952. The largest absolute Gasteiger partial charge is 0.370 e. The molecule has 4 rings (SSSR count). The lowest BCUT2D eigenvalue weighted by Crippen LogP contribution is -2.64. The minimum Gasteiger partial charge on any atom is -0.370 e. The molecule has 0 amide bonds. The van der Waals surface area contributed by atoms with E-state index in [4.69, 9.17) is 11.5 Å². The van der Waals surface area contributed by atoms with Crippen LogP contribution >= 0.6 is 0 Å². The van der Waals surface area contributed by atoms with Crippen molar-refractivity contribution in [3.05, 3.63) is 0 Å². The maximum atomic E-state index is 5.32. The van der Waals surface area contributed by atoms with Crippen molar-refractivity contribution in [2.45, 2.75) is 83.6 Å². The van der Waals surface area contributed by atoms with Gasteiger partial charge < -0.3 is 22.1 Å². The summed E-state index contributed by atoms with van der Waals surface area (Å²) in [6.07, 6.45) is 13.4. The second kappa shape index (κ2) is 8.05. The lowest BCUT2D eigenvalue weighted by atomic mass is 9.43. The normalized spacial score (nSPS) is 37.8. The van der Waals surface area contributed by atoms with Gasteiger partial charge in [-0.3, -0.25) is 4.99 Å². The molecule has 4 fully saturated rings. The SMILES string of the molecule is C[C@]12CC3CC(NCCCCNCCCCN=C(N)N)(C1)C[C@@](C)(C3)C2. The highest BCUT2D eigenvalue weighted by atomic mass is 15.0. The van der Waals surface area contributed by atoms with Crippen molar-refractivity contribution in [3.63, 3.8) is 0 Å². The summed E-state index contributed by atoms with van der Waals surface area (Å²) in [6, 6.07) is 0. The zero-order valence-corrected chi connectivity index (χ0v) is 17.1. The Bertz CT molecular complexity index is 481. The summed E-state index contributed by atoms with van der Waals surface area (Å²) in [5, 5.41) is 7.58. The van der Waals surface area contributed by atoms with Crippen molar-refractivity contribution in [3.8, 4) is 0 Å². The van der Waals surface area contributed by atoms with Crippen molar-refractivity contribution in [2.24, 2.45) is 33.2 Å². The minimum absolute atomic E-state index is 0.201. The summed E-state index contributed by atoms with van der Waals surface area (Å²) >= 11 is 0. The van der Waals surface area contributed by atoms with Crippen LogP contribution in [0.4, 0.5) is 0 Å². The van der Waals surface area contributed by atoms with Crippen molar-refractivity contribution < 1.29 is 0 Å². The predicted molar refractivity (Wildman–Crippen MR) is 110 cm³/mol. The van der Waals surface area contributed by atoms with Gasteiger partial charge in [-0.05, 0) is 101 Å². The second-order valence-corrected chi connectivity index (χ2v) is 10.3. The molecule has 5 heteroatoms. The highest BCUT2D eigenvalue weighted by Crippen LogP contribution is 2.66. The van der Waals surface area contributed by atoms with Gasteiger partial charge in [0.05, 0.1) is 0 Å². The Kier molecular flexibility index (Phi) is 6.18. The average molecular weight is 364 g/mol. The van der Waals surface area contributed by atoms with Gasteiger partial charge in [-0.25, -0.2) is 0 Å². The molecule has 0 heterocycles. The van der Waals surface area contributed by atoms with Crippen LogP contribution in [0.15, 0.2) is 4.99 Å². The smallest absolute Gasteiger partial charge is 0.185 e. The molecule has 4 aliphatic rings. The van der Waals surface area contributed by atoms with Gasteiger partial charge in [0.1, 0.15) is 0 Å². The molecule has 5 nitrogen and oxygen atoms in total. The first-order chi connectivity index (χ1) is 12.3. The van der Waals surface area contributed by atoms with Crippen LogP contribution in [-0.4, -0.2) is 37.7 Å². The van der Waals surface area contributed by atoms with Gasteiger partial charge in [0.25, 0.3) is 0 Å². The monoisotopic (exact) mass is 363 g/mol. The van der Waals surface area contributed by atoms with E-state index in [-0.39, 0.29) is 5.96 Å². The standard InChI is InChI=1S/C21H41N5/c1-19-11-17-12-20(2,14-19)16-21(13-17,15-19)26-10-6-4-8-24-7-3-5-9-25-18(22)23/h17,24,26H,3-16H2,1-2H3,(H4,22,23,25)/t17?,19-,20+,21?. The van der Waals surface area contributed by atoms with Gasteiger partial charge in [-0.15, -0.1) is 0 Å². The summed E-state index contributed by atoms with van der Waals surface area (Å²) < 4.78 is 0. The van der Waals surface area contributed by atoms with Crippen LogP contribution in [0.1, 0.15) is 78.1 Å². The lowest BCUT2D eigenvalue weighted by Gasteiger charge is -2.65. The topological polar surface area (TPSA) is 88.5 Å². The van der Waals surface area contributed by atoms with E-state index in [2.05, 4.69) is 29.5 Å². The van der Waals surface area contributed by atoms with Gasteiger partial charge in [0.2, 0.25) is 0 Å². The molecule has 0 aromatic carbocycles. The van der Waals surface area contributed by atoms with E-state index in [0.717, 1.165) is 38.4 Å². The van der Waals surface area contributed by atoms with Gasteiger partial charge in [-0.1, -0.05) is 13.8 Å². The van der Waals surface area contributed by atoms with E-state index in [9.17, 15) is 0 Å². The summed E-state index contributed by atoms with van der Waals surface area (Å²) in [7, 11) is 0. The van der Waals surface area contributed by atoms with Gasteiger partial charge >= 0.3 is 0 Å². The molecule has 4 aliphatic carbocycles. The van der Waals surface area contributed by atoms with Crippen LogP contribution in [0.5, 0.6) is 0 Å². The third kappa shape index (κ3) is 5.13. The molecule has 0 aromatic rings. The van der Waals surface area contributed by atoms with Crippen LogP contribution in [-0.2, 0) is 0 Å². The van der Waals surface area contributed by atoms with E-state index < -0.39 is 0 Å². The van der Waals surface area contributed by atoms with E-state index in [1.54, 1.807) is 0 Å². The number of guanidine groups is 1. The second-order valence-electron chi connectivity index (χ2n) is 10.3. The Morgan fingerprint density at radius 3 is 2.12 bits per heavy atom. The summed E-state index contributed by atoms with van der Waals surface area (Å²) in [4.78, 5) is 4.01. The van der Waals surface area contributed by atoms with E-state index in [1.807, 2.05) is 0 Å². The number of rotatable bonds is 11. The third-order valence-electron chi connectivity index (χ3n) is 6.96. The number of nitrogens with one attached hydrogen (secondary N) is 2. The molecule has 0 aliphatic heterocycles. The van der Waals surface area contributed by atoms with Crippen LogP contribution in [0.2, 0.25) is 0 Å². The maximum absolute atomic E-state index is 5.32. The summed E-state index contributed by atoms with van der Waals surface area (Å²) in [5.74, 6) is 1.18. The van der Waals surface area contributed by atoms with Gasteiger partial charge in [-0.2, -0.15) is 0 Å². The fourth-order valence-electron chi connectivity index (χ4n) is 7.07. The summed E-state index contributed by atoms with van der Waals surface area (Å²) in [5.41, 5.74) is 12.3. The van der Waals surface area contributed by atoms with Crippen molar-refractivity contribution >= 4 is 5.96 Å². The molecule has 0 aromatic heterocycles. The Morgan fingerprint density at radius 2 is 1.50 bits per heavy atom. The van der Waals surface area contributed by atoms with Gasteiger partial charge in [0, 0.05) is 12.1 Å². The Balaban J connectivity index is 1.26. The quantitative estimate of drug-likeness (QED) is 0.258. The molecule has 4 bridgehead atoms. The Morgan fingerprint density at radius 1 is 0.885 bits per heavy atom. The van der Waals surface area contributed by atoms with E-state index >= 15 is 0 Å². The molecule has 26 heavy (non-hydrogen) atoms. The first-order valence-electron chi connectivity index (χ1n) is 10.8. The molecule has 0 spiro atoms. The maximum Gasteiger partial charge on any atom is 0.185 e. The summed E-state index contributed by atoms with van der Waals surface area (Å²) in [6.45, 7) is 9.23. The van der Waals surface area contributed by atoms with E-state index in [0.29, 0.717) is 16.4 Å². The fourth-order valence-corrected chi connectivity index (χ4v) is 7.07. The number of aliphatic imine (C=N–C) groups is 1. The molecule has 150 valence electrons. The molecular weight excluding hydrogens is 322 g/mol. The number of hydrogen-bond donors (Lipinski definition) is 4. The highest BCUT2D eigenvalue weighted by molar-refractivity contribution is 5.75. The van der Waals surface area contributed by atoms with Crippen molar-refractivity contribution in [1.29, 1.82) is 0 Å². The van der Waals surface area contributed by atoms with Crippen LogP contribution in [0.25, 0.3) is 0 Å². The number of hydrogen-bond acceptors (Lipinski definition) is 3. The zero-order valence-electron chi connectivity index (χ0n) is 17.1.